The molecule has 6 heteroatoms. The summed E-state index contributed by atoms with van der Waals surface area (Å²) in [5.74, 6) is 0.257. The molecule has 0 saturated heterocycles. The highest BCUT2D eigenvalue weighted by Crippen LogP contribution is 2.35. The maximum absolute atomic E-state index is 13.0. The number of hydrogen-bond acceptors (Lipinski definition) is 4. The molecule has 1 saturated carbocycles. The van der Waals surface area contributed by atoms with Gasteiger partial charge < -0.3 is 0 Å². The van der Waals surface area contributed by atoms with E-state index in [0.717, 1.165) is 34.9 Å². The number of Topliss-reactive ketones (excluding diaryl/α,β-unsaturated/α-hetero) is 1. The molecule has 0 bridgehead atoms. The van der Waals surface area contributed by atoms with E-state index in [-0.39, 0.29) is 11.7 Å². The second-order valence-corrected chi connectivity index (χ2v) is 6.74. The van der Waals surface area contributed by atoms with Crippen LogP contribution < -0.4 is 0 Å². The summed E-state index contributed by atoms with van der Waals surface area (Å²) in [5.41, 5.74) is 4.21. The summed E-state index contributed by atoms with van der Waals surface area (Å²) < 4.78 is 1.74. The number of hydrogen-bond donors (Lipinski definition) is 1. The van der Waals surface area contributed by atoms with Crippen LogP contribution in [0.1, 0.15) is 28.9 Å². The average Bonchev–Trinajstić information content (AvgIpc) is 3.28. The van der Waals surface area contributed by atoms with Gasteiger partial charge in [-0.15, -0.1) is 5.10 Å². The van der Waals surface area contributed by atoms with Crippen LogP contribution in [0.25, 0.3) is 22.2 Å². The summed E-state index contributed by atoms with van der Waals surface area (Å²) in [6, 6.07) is 15.9. The molecule has 0 aliphatic heterocycles. The first-order valence-corrected chi connectivity index (χ1v) is 8.75. The second kappa shape index (κ2) is 5.91. The number of benzene rings is 2. The highest BCUT2D eigenvalue weighted by Gasteiger charge is 2.35. The first-order chi connectivity index (χ1) is 12.8. The normalized spacial score (nSPS) is 14.0. The molecule has 1 N–H and O–H groups in total. The van der Waals surface area contributed by atoms with Crippen LogP contribution in [0.3, 0.4) is 0 Å². The van der Waals surface area contributed by atoms with Crippen molar-refractivity contribution < 1.29 is 4.79 Å². The van der Waals surface area contributed by atoms with Gasteiger partial charge in [0.05, 0.1) is 18.3 Å². The monoisotopic (exact) mass is 343 g/mol. The molecule has 6 nitrogen and oxygen atoms in total. The van der Waals surface area contributed by atoms with Crippen LogP contribution in [0.5, 0.6) is 0 Å². The van der Waals surface area contributed by atoms with Gasteiger partial charge in [0, 0.05) is 16.9 Å². The van der Waals surface area contributed by atoms with Crippen LogP contribution in [-0.4, -0.2) is 31.0 Å². The number of rotatable bonds is 5. The lowest BCUT2D eigenvalue weighted by molar-refractivity contribution is 0.0958. The fraction of sp³-hybridized carbons (Fsp3) is 0.200. The van der Waals surface area contributed by atoms with Crippen LogP contribution in [0.2, 0.25) is 0 Å². The zero-order valence-corrected chi connectivity index (χ0v) is 14.1. The van der Waals surface area contributed by atoms with Crippen LogP contribution >= 0.6 is 0 Å². The number of fused-ring (bicyclic) bond motifs is 1. The summed E-state index contributed by atoms with van der Waals surface area (Å²) in [6.07, 6.45) is 3.68. The van der Waals surface area contributed by atoms with Crippen LogP contribution in [0.15, 0.2) is 54.7 Å². The SMILES string of the molecule is O=C(c1c(-c2ccc3[nH]ncc3c2)nnn1Cc1ccccc1)C1CC1. The van der Waals surface area contributed by atoms with Crippen molar-refractivity contribution in [3.05, 3.63) is 66.0 Å². The van der Waals surface area contributed by atoms with Gasteiger partial charge in [0.25, 0.3) is 0 Å². The van der Waals surface area contributed by atoms with E-state index in [9.17, 15) is 4.79 Å². The van der Waals surface area contributed by atoms with Crippen molar-refractivity contribution in [3.8, 4) is 11.3 Å². The molecule has 128 valence electrons. The van der Waals surface area contributed by atoms with Crippen molar-refractivity contribution in [2.24, 2.45) is 5.92 Å². The van der Waals surface area contributed by atoms with Gasteiger partial charge in [0.1, 0.15) is 11.4 Å². The Hall–Kier alpha value is -3.28. The van der Waals surface area contributed by atoms with Crippen molar-refractivity contribution in [1.82, 2.24) is 25.2 Å². The molecule has 5 rings (SSSR count). The quantitative estimate of drug-likeness (QED) is 0.563. The first-order valence-electron chi connectivity index (χ1n) is 8.75. The molecule has 1 fully saturated rings. The maximum atomic E-state index is 13.0. The molecule has 26 heavy (non-hydrogen) atoms. The van der Waals surface area contributed by atoms with E-state index in [1.807, 2.05) is 48.5 Å². The molecular weight excluding hydrogens is 326 g/mol. The molecule has 1 aliphatic rings. The highest BCUT2D eigenvalue weighted by atomic mass is 16.1. The Morgan fingerprint density at radius 2 is 2.00 bits per heavy atom. The molecule has 0 unspecified atom stereocenters. The van der Waals surface area contributed by atoms with Crippen molar-refractivity contribution in [2.75, 3.05) is 0 Å². The van der Waals surface area contributed by atoms with Gasteiger partial charge in [-0.1, -0.05) is 41.6 Å². The topological polar surface area (TPSA) is 76.5 Å². The summed E-state index contributed by atoms with van der Waals surface area (Å²) >= 11 is 0. The summed E-state index contributed by atoms with van der Waals surface area (Å²) in [7, 11) is 0. The fourth-order valence-electron chi connectivity index (χ4n) is 3.25. The number of aromatic nitrogens is 5. The molecule has 2 heterocycles. The number of carbonyl (C=O) groups is 1. The Kier molecular flexibility index (Phi) is 3.41. The zero-order chi connectivity index (χ0) is 17.5. The average molecular weight is 343 g/mol. The van der Waals surface area contributed by atoms with Gasteiger partial charge in [-0.2, -0.15) is 5.10 Å². The Balaban J connectivity index is 1.61. The largest absolute Gasteiger partial charge is 0.292 e. The zero-order valence-electron chi connectivity index (χ0n) is 14.1. The minimum absolute atomic E-state index is 0.111. The lowest BCUT2D eigenvalue weighted by atomic mass is 10.0. The van der Waals surface area contributed by atoms with Crippen LogP contribution in [0.4, 0.5) is 0 Å². The molecule has 0 spiro atoms. The number of carbonyl (C=O) groups excluding carboxylic acids is 1. The standard InChI is InChI=1S/C20H17N5O/c26-20(14-6-7-14)19-18(15-8-9-17-16(10-15)11-21-22-17)23-24-25(19)12-13-4-2-1-3-5-13/h1-5,8-11,14H,6-7,12H2,(H,21,22). The number of H-pyrrole nitrogens is 1. The lowest BCUT2D eigenvalue weighted by Gasteiger charge is -2.07. The van der Waals surface area contributed by atoms with Crippen molar-refractivity contribution >= 4 is 16.7 Å². The van der Waals surface area contributed by atoms with Crippen molar-refractivity contribution in [1.29, 1.82) is 0 Å². The minimum Gasteiger partial charge on any atom is -0.292 e. The van der Waals surface area contributed by atoms with Gasteiger partial charge >= 0.3 is 0 Å². The van der Waals surface area contributed by atoms with Gasteiger partial charge in [-0.3, -0.25) is 9.89 Å². The molecule has 2 aromatic heterocycles. The molecule has 1 aliphatic carbocycles. The number of aromatic amines is 1. The molecule has 0 atom stereocenters. The van der Waals surface area contributed by atoms with Crippen LogP contribution in [0, 0.1) is 5.92 Å². The fourth-order valence-corrected chi connectivity index (χ4v) is 3.25. The smallest absolute Gasteiger partial charge is 0.186 e. The van der Waals surface area contributed by atoms with Gasteiger partial charge in [-0.25, -0.2) is 4.68 Å². The van der Waals surface area contributed by atoms with E-state index in [2.05, 4.69) is 20.5 Å². The summed E-state index contributed by atoms with van der Waals surface area (Å²) in [6.45, 7) is 0.537. The third kappa shape index (κ3) is 2.60. The molecule has 0 amide bonds. The van der Waals surface area contributed by atoms with Crippen molar-refractivity contribution in [3.63, 3.8) is 0 Å². The van der Waals surface area contributed by atoms with E-state index in [1.165, 1.54) is 0 Å². The van der Waals surface area contributed by atoms with Gasteiger partial charge in [-0.05, 0) is 30.5 Å². The molecule has 2 aromatic carbocycles. The molecular formula is C20H17N5O. The maximum Gasteiger partial charge on any atom is 0.186 e. The van der Waals surface area contributed by atoms with E-state index in [1.54, 1.807) is 10.9 Å². The Morgan fingerprint density at radius 1 is 1.15 bits per heavy atom. The van der Waals surface area contributed by atoms with E-state index in [4.69, 9.17) is 0 Å². The Bertz CT molecular complexity index is 1090. The molecule has 4 aromatic rings. The molecule has 0 radical (unpaired) electrons. The first kappa shape index (κ1) is 15.0. The lowest BCUT2D eigenvalue weighted by Crippen LogP contribution is -2.13. The van der Waals surface area contributed by atoms with E-state index in [0.29, 0.717) is 17.9 Å². The Morgan fingerprint density at radius 3 is 2.81 bits per heavy atom. The predicted molar refractivity (Wildman–Crippen MR) is 97.7 cm³/mol. The van der Waals surface area contributed by atoms with Gasteiger partial charge in [0.15, 0.2) is 5.78 Å². The third-order valence-electron chi connectivity index (χ3n) is 4.81. The van der Waals surface area contributed by atoms with E-state index >= 15 is 0 Å². The van der Waals surface area contributed by atoms with Crippen LogP contribution in [-0.2, 0) is 6.54 Å². The summed E-state index contributed by atoms with van der Waals surface area (Å²) in [4.78, 5) is 13.0. The van der Waals surface area contributed by atoms with Crippen molar-refractivity contribution in [2.45, 2.75) is 19.4 Å². The Labute approximate surface area is 149 Å². The third-order valence-corrected chi connectivity index (χ3v) is 4.81. The highest BCUT2D eigenvalue weighted by molar-refractivity contribution is 6.03. The second-order valence-electron chi connectivity index (χ2n) is 6.74. The number of nitrogens with zero attached hydrogens (tertiary/aromatic N) is 4. The predicted octanol–water partition coefficient (Wildman–Crippen LogP) is 3.46. The van der Waals surface area contributed by atoms with Gasteiger partial charge in [0.2, 0.25) is 0 Å². The minimum atomic E-state index is 0.111. The van der Waals surface area contributed by atoms with E-state index < -0.39 is 0 Å². The summed E-state index contributed by atoms with van der Waals surface area (Å²) in [5, 5.41) is 16.7. The number of ketones is 1. The number of nitrogens with one attached hydrogen (secondary N) is 1.